The second-order valence-corrected chi connectivity index (χ2v) is 2.07. The van der Waals surface area contributed by atoms with Gasteiger partial charge in [-0.05, 0) is 12.1 Å². The maximum Gasteiger partial charge on any atom is 0.0506 e. The van der Waals surface area contributed by atoms with Gasteiger partial charge in [0, 0.05) is 17.9 Å². The Morgan fingerprint density at radius 2 is 2.10 bits per heavy atom. The number of hydrogen-bond donors (Lipinski definition) is 1. The van der Waals surface area contributed by atoms with Gasteiger partial charge in [-0.25, -0.2) is 0 Å². The first-order chi connectivity index (χ1) is 4.93. The van der Waals surface area contributed by atoms with Crippen molar-refractivity contribution in [2.24, 2.45) is 0 Å². The zero-order chi connectivity index (χ0) is 7.23. The Labute approximate surface area is 65.1 Å². The van der Waals surface area contributed by atoms with E-state index in [1.54, 1.807) is 0 Å². The van der Waals surface area contributed by atoms with Crippen molar-refractivity contribution in [2.45, 2.75) is 0 Å². The summed E-state index contributed by atoms with van der Waals surface area (Å²) in [6.07, 6.45) is 5.70. The highest BCUT2D eigenvalue weighted by atomic mass is 35.5. The average molecular weight is 157 g/mol. The van der Waals surface area contributed by atoms with Crippen molar-refractivity contribution in [3.05, 3.63) is 36.1 Å². The van der Waals surface area contributed by atoms with Crippen molar-refractivity contribution in [1.82, 2.24) is 4.68 Å². The van der Waals surface area contributed by atoms with Gasteiger partial charge in [0.15, 0.2) is 0 Å². The van der Waals surface area contributed by atoms with E-state index in [4.69, 9.17) is 11.6 Å². The molecule has 3 heteroatoms. The smallest absolute Gasteiger partial charge is 0.0506 e. The molecule has 10 heavy (non-hydrogen) atoms. The Hall–Kier alpha value is -0.890. The third-order valence-corrected chi connectivity index (χ3v) is 1.26. The van der Waals surface area contributed by atoms with Crippen LogP contribution in [0, 0.1) is 0 Å². The van der Waals surface area contributed by atoms with Crippen LogP contribution in [-0.2, 0) is 0 Å². The van der Waals surface area contributed by atoms with E-state index in [0.717, 1.165) is 6.54 Å². The summed E-state index contributed by atoms with van der Waals surface area (Å²) in [6.45, 7) is 0.748. The molecule has 0 aliphatic carbocycles. The molecular formula is C7H9ClN2. The zero-order valence-electron chi connectivity index (χ0n) is 5.50. The molecule has 0 bridgehead atoms. The number of nitrogens with one attached hydrogen (secondary N) is 1. The lowest BCUT2D eigenvalue weighted by Gasteiger charge is -2.01. The van der Waals surface area contributed by atoms with E-state index >= 15 is 0 Å². The van der Waals surface area contributed by atoms with Gasteiger partial charge in [0.2, 0.25) is 0 Å². The fraction of sp³-hybridized carbons (Fsp3) is 0.143. The molecule has 1 heterocycles. The van der Waals surface area contributed by atoms with Crippen LogP contribution < -0.4 is 5.43 Å². The van der Waals surface area contributed by atoms with Crippen LogP contribution in [0.25, 0.3) is 0 Å². The molecule has 0 saturated heterocycles. The average Bonchev–Trinajstić information content (AvgIpc) is 2.41. The van der Waals surface area contributed by atoms with Crippen LogP contribution in [0.2, 0.25) is 0 Å². The quantitative estimate of drug-likeness (QED) is 0.706. The minimum Gasteiger partial charge on any atom is -0.323 e. The molecule has 54 valence electrons. The summed E-state index contributed by atoms with van der Waals surface area (Å²) >= 11 is 5.31. The van der Waals surface area contributed by atoms with E-state index < -0.39 is 0 Å². The van der Waals surface area contributed by atoms with Crippen LogP contribution in [0.1, 0.15) is 0 Å². The van der Waals surface area contributed by atoms with Gasteiger partial charge in [-0.15, -0.1) is 0 Å². The number of hydrogen-bond acceptors (Lipinski definition) is 1. The molecule has 1 aromatic heterocycles. The predicted octanol–water partition coefficient (Wildman–Crippen LogP) is 1.78. The van der Waals surface area contributed by atoms with Gasteiger partial charge in [-0.1, -0.05) is 17.7 Å². The van der Waals surface area contributed by atoms with Crippen molar-refractivity contribution in [1.29, 1.82) is 0 Å². The first-order valence-corrected chi connectivity index (χ1v) is 3.49. The minimum absolute atomic E-state index is 0.748. The van der Waals surface area contributed by atoms with Crippen molar-refractivity contribution in [3.8, 4) is 0 Å². The Kier molecular flexibility index (Phi) is 2.90. The second kappa shape index (κ2) is 4.01. The fourth-order valence-corrected chi connectivity index (χ4v) is 0.732. The molecular weight excluding hydrogens is 148 g/mol. The SMILES string of the molecule is Cl/C=C/CNn1cccc1. The number of aromatic nitrogens is 1. The lowest BCUT2D eigenvalue weighted by atomic mass is 10.6. The highest BCUT2D eigenvalue weighted by Gasteiger charge is 1.80. The molecule has 0 saturated carbocycles. The second-order valence-electron chi connectivity index (χ2n) is 1.81. The molecule has 1 N–H and O–H groups in total. The molecule has 0 aliphatic rings. The lowest BCUT2D eigenvalue weighted by molar-refractivity contribution is 0.899. The summed E-state index contributed by atoms with van der Waals surface area (Å²) in [4.78, 5) is 0. The Morgan fingerprint density at radius 3 is 2.70 bits per heavy atom. The molecule has 0 aromatic carbocycles. The van der Waals surface area contributed by atoms with Gasteiger partial charge in [0.05, 0.1) is 6.54 Å². The molecule has 0 amide bonds. The monoisotopic (exact) mass is 156 g/mol. The molecule has 0 atom stereocenters. The summed E-state index contributed by atoms with van der Waals surface area (Å²) < 4.78 is 1.87. The van der Waals surface area contributed by atoms with Crippen molar-refractivity contribution in [2.75, 3.05) is 12.0 Å². The molecule has 0 fully saturated rings. The standard InChI is InChI=1S/C7H9ClN2/c8-4-3-5-9-10-6-1-2-7-10/h1-4,6-7,9H,5H2/b4-3+. The van der Waals surface area contributed by atoms with Crippen molar-refractivity contribution < 1.29 is 0 Å². The van der Waals surface area contributed by atoms with Crippen LogP contribution in [0.4, 0.5) is 0 Å². The van der Waals surface area contributed by atoms with Gasteiger partial charge in [0.1, 0.15) is 0 Å². The minimum atomic E-state index is 0.748. The van der Waals surface area contributed by atoms with Gasteiger partial charge in [-0.3, -0.25) is 4.68 Å². The largest absolute Gasteiger partial charge is 0.323 e. The van der Waals surface area contributed by atoms with Crippen LogP contribution in [-0.4, -0.2) is 11.2 Å². The van der Waals surface area contributed by atoms with Crippen molar-refractivity contribution >= 4 is 11.6 Å². The molecule has 0 aliphatic heterocycles. The van der Waals surface area contributed by atoms with Crippen LogP contribution in [0.15, 0.2) is 36.1 Å². The molecule has 0 radical (unpaired) electrons. The Morgan fingerprint density at radius 1 is 1.40 bits per heavy atom. The molecule has 0 spiro atoms. The van der Waals surface area contributed by atoms with Gasteiger partial charge >= 0.3 is 0 Å². The summed E-state index contributed by atoms with van der Waals surface area (Å²) in [5.74, 6) is 0. The van der Waals surface area contributed by atoms with Gasteiger partial charge in [-0.2, -0.15) is 0 Å². The van der Waals surface area contributed by atoms with Crippen LogP contribution >= 0.6 is 11.6 Å². The Bertz CT molecular complexity index is 191. The summed E-state index contributed by atoms with van der Waals surface area (Å²) in [7, 11) is 0. The van der Waals surface area contributed by atoms with Gasteiger partial charge in [0.25, 0.3) is 0 Å². The van der Waals surface area contributed by atoms with E-state index in [9.17, 15) is 0 Å². The maximum absolute atomic E-state index is 5.31. The third-order valence-electron chi connectivity index (χ3n) is 1.09. The van der Waals surface area contributed by atoms with Crippen molar-refractivity contribution in [3.63, 3.8) is 0 Å². The van der Waals surface area contributed by atoms with Crippen LogP contribution in [0.3, 0.4) is 0 Å². The molecule has 1 aromatic rings. The highest BCUT2D eigenvalue weighted by Crippen LogP contribution is 1.84. The maximum atomic E-state index is 5.31. The summed E-state index contributed by atoms with van der Waals surface area (Å²) in [5.41, 5.74) is 4.57. The van der Waals surface area contributed by atoms with E-state index in [0.29, 0.717) is 0 Å². The first-order valence-electron chi connectivity index (χ1n) is 3.05. The number of rotatable bonds is 3. The third kappa shape index (κ3) is 2.15. The highest BCUT2D eigenvalue weighted by molar-refractivity contribution is 6.25. The topological polar surface area (TPSA) is 17.0 Å². The number of nitrogens with zero attached hydrogens (tertiary/aromatic N) is 1. The van der Waals surface area contributed by atoms with E-state index in [1.807, 2.05) is 35.3 Å². The molecule has 0 unspecified atom stereocenters. The predicted molar refractivity (Wildman–Crippen MR) is 43.7 cm³/mol. The van der Waals surface area contributed by atoms with E-state index in [2.05, 4.69) is 5.43 Å². The Balaban J connectivity index is 2.28. The van der Waals surface area contributed by atoms with E-state index in [-0.39, 0.29) is 0 Å². The fourth-order valence-electron chi connectivity index (χ4n) is 0.643. The van der Waals surface area contributed by atoms with Crippen LogP contribution in [0.5, 0.6) is 0 Å². The first kappa shape index (κ1) is 7.22. The molecule has 1 rings (SSSR count). The zero-order valence-corrected chi connectivity index (χ0v) is 6.25. The summed E-state index contributed by atoms with van der Waals surface area (Å²) in [5, 5.41) is 0. The summed E-state index contributed by atoms with van der Waals surface area (Å²) in [6, 6.07) is 3.91. The normalized spacial score (nSPS) is 10.5. The lowest BCUT2D eigenvalue weighted by Crippen LogP contribution is -2.11. The molecule has 2 nitrogen and oxygen atoms in total. The number of halogens is 1. The van der Waals surface area contributed by atoms with E-state index in [1.165, 1.54) is 5.54 Å². The van der Waals surface area contributed by atoms with Gasteiger partial charge < -0.3 is 5.43 Å².